The van der Waals surface area contributed by atoms with Crippen molar-refractivity contribution in [2.45, 2.75) is 11.9 Å². The van der Waals surface area contributed by atoms with Crippen LogP contribution in [0.3, 0.4) is 0 Å². The van der Waals surface area contributed by atoms with Gasteiger partial charge < -0.3 is 5.73 Å². The number of hydrogen-bond donors (Lipinski definition) is 2. The zero-order valence-electron chi connectivity index (χ0n) is 8.91. The van der Waals surface area contributed by atoms with Crippen LogP contribution >= 0.6 is 11.3 Å². The zero-order valence-corrected chi connectivity index (χ0v) is 10.5. The van der Waals surface area contributed by atoms with Crippen LogP contribution in [0.5, 0.6) is 0 Å². The summed E-state index contributed by atoms with van der Waals surface area (Å²) in [6.07, 6.45) is 1.37. The summed E-state index contributed by atoms with van der Waals surface area (Å²) < 4.78 is 26.2. The SMILES string of the molecule is Cc1csc(NS(=O)(=O)c2ncccc2N)n1. The first-order valence-corrected chi connectivity index (χ1v) is 7.01. The lowest BCUT2D eigenvalue weighted by Gasteiger charge is -2.05. The van der Waals surface area contributed by atoms with Gasteiger partial charge in [-0.15, -0.1) is 11.3 Å². The third-order valence-corrected chi connectivity index (χ3v) is 4.21. The van der Waals surface area contributed by atoms with E-state index in [-0.39, 0.29) is 10.7 Å². The normalized spacial score (nSPS) is 11.4. The van der Waals surface area contributed by atoms with E-state index >= 15 is 0 Å². The number of aryl methyl sites for hydroxylation is 1. The highest BCUT2D eigenvalue weighted by Gasteiger charge is 2.20. The van der Waals surface area contributed by atoms with Gasteiger partial charge in [0.05, 0.1) is 11.4 Å². The predicted octanol–water partition coefficient (Wildman–Crippen LogP) is 1.23. The molecule has 0 bridgehead atoms. The highest BCUT2D eigenvalue weighted by Crippen LogP contribution is 2.21. The predicted molar refractivity (Wildman–Crippen MR) is 66.3 cm³/mol. The van der Waals surface area contributed by atoms with Crippen LogP contribution in [0.2, 0.25) is 0 Å². The van der Waals surface area contributed by atoms with Crippen molar-refractivity contribution in [1.82, 2.24) is 9.97 Å². The van der Waals surface area contributed by atoms with Gasteiger partial charge in [-0.3, -0.25) is 4.72 Å². The van der Waals surface area contributed by atoms with Crippen LogP contribution < -0.4 is 10.5 Å². The van der Waals surface area contributed by atoms with E-state index in [1.807, 2.05) is 0 Å². The number of nitrogens with two attached hydrogens (primary N) is 1. The average Bonchev–Trinajstić information content (AvgIpc) is 2.63. The quantitative estimate of drug-likeness (QED) is 0.874. The number of nitrogens with zero attached hydrogens (tertiary/aromatic N) is 2. The van der Waals surface area contributed by atoms with Gasteiger partial charge in [-0.1, -0.05) is 0 Å². The second-order valence-electron chi connectivity index (χ2n) is 3.30. The largest absolute Gasteiger partial charge is 0.396 e. The Bertz CT molecular complexity index is 636. The van der Waals surface area contributed by atoms with Crippen molar-refractivity contribution in [2.24, 2.45) is 0 Å². The van der Waals surface area contributed by atoms with Crippen LogP contribution in [-0.4, -0.2) is 18.4 Å². The van der Waals surface area contributed by atoms with E-state index in [4.69, 9.17) is 5.73 Å². The molecule has 0 aliphatic rings. The van der Waals surface area contributed by atoms with E-state index in [0.717, 1.165) is 5.69 Å². The molecule has 0 atom stereocenters. The number of nitrogens with one attached hydrogen (secondary N) is 1. The maximum Gasteiger partial charge on any atom is 0.283 e. The van der Waals surface area contributed by atoms with Gasteiger partial charge in [0.25, 0.3) is 10.0 Å². The average molecular weight is 270 g/mol. The number of thiazole rings is 1. The van der Waals surface area contributed by atoms with E-state index in [1.165, 1.54) is 23.6 Å². The fourth-order valence-electron chi connectivity index (χ4n) is 1.19. The van der Waals surface area contributed by atoms with E-state index in [2.05, 4.69) is 14.7 Å². The molecule has 0 fully saturated rings. The molecule has 0 aliphatic heterocycles. The van der Waals surface area contributed by atoms with E-state index in [0.29, 0.717) is 5.13 Å². The molecule has 2 heterocycles. The smallest absolute Gasteiger partial charge is 0.283 e. The van der Waals surface area contributed by atoms with Crippen molar-refractivity contribution < 1.29 is 8.42 Å². The Morgan fingerprint density at radius 2 is 2.24 bits per heavy atom. The second-order valence-corrected chi connectivity index (χ2v) is 5.75. The van der Waals surface area contributed by atoms with Gasteiger partial charge in [-0.25, -0.2) is 9.97 Å². The number of pyridine rings is 1. The molecule has 2 aromatic rings. The standard InChI is InChI=1S/C9H10N4O2S2/c1-6-5-16-9(12-6)13-17(14,15)8-7(10)3-2-4-11-8/h2-5H,10H2,1H3,(H,12,13). The molecule has 0 aliphatic carbocycles. The summed E-state index contributed by atoms with van der Waals surface area (Å²) in [6, 6.07) is 3.05. The zero-order chi connectivity index (χ0) is 12.5. The van der Waals surface area contributed by atoms with Crippen molar-refractivity contribution in [1.29, 1.82) is 0 Å². The molecule has 90 valence electrons. The van der Waals surface area contributed by atoms with Gasteiger partial charge in [0.15, 0.2) is 10.2 Å². The molecule has 2 aromatic heterocycles. The minimum absolute atomic E-state index is 0.105. The minimum Gasteiger partial charge on any atom is -0.396 e. The van der Waals surface area contributed by atoms with Crippen LogP contribution in [0.25, 0.3) is 0 Å². The molecular formula is C9H10N4O2S2. The fourth-order valence-corrected chi connectivity index (χ4v) is 3.20. The van der Waals surface area contributed by atoms with E-state index < -0.39 is 10.0 Å². The van der Waals surface area contributed by atoms with Gasteiger partial charge in [0.2, 0.25) is 0 Å². The van der Waals surface area contributed by atoms with Crippen LogP contribution in [0.4, 0.5) is 10.8 Å². The van der Waals surface area contributed by atoms with Gasteiger partial charge >= 0.3 is 0 Å². The Labute approximate surface area is 103 Å². The third-order valence-electron chi connectivity index (χ3n) is 1.90. The summed E-state index contributed by atoms with van der Waals surface area (Å²) in [7, 11) is -3.77. The molecule has 0 amide bonds. The third kappa shape index (κ3) is 2.53. The van der Waals surface area contributed by atoms with Crippen LogP contribution in [0.15, 0.2) is 28.7 Å². The lowest BCUT2D eigenvalue weighted by molar-refractivity contribution is 0.598. The number of aromatic nitrogens is 2. The summed E-state index contributed by atoms with van der Waals surface area (Å²) in [5.74, 6) is 0. The number of anilines is 2. The van der Waals surface area contributed by atoms with Crippen LogP contribution in [0, 0.1) is 6.92 Å². The van der Waals surface area contributed by atoms with Gasteiger partial charge in [-0.05, 0) is 19.1 Å². The molecule has 0 aromatic carbocycles. The molecule has 0 radical (unpaired) electrons. The molecule has 17 heavy (non-hydrogen) atoms. The molecule has 8 heteroatoms. The Balaban J connectivity index is 2.35. The number of rotatable bonds is 3. The van der Waals surface area contributed by atoms with E-state index in [9.17, 15) is 8.42 Å². The Morgan fingerprint density at radius 1 is 1.47 bits per heavy atom. The lowest BCUT2D eigenvalue weighted by Crippen LogP contribution is -2.16. The molecular weight excluding hydrogens is 260 g/mol. The summed E-state index contributed by atoms with van der Waals surface area (Å²) in [6.45, 7) is 1.78. The van der Waals surface area contributed by atoms with Gasteiger partial charge in [0.1, 0.15) is 0 Å². The van der Waals surface area contributed by atoms with Crippen molar-refractivity contribution >= 4 is 32.2 Å². The molecule has 6 nitrogen and oxygen atoms in total. The van der Waals surface area contributed by atoms with E-state index in [1.54, 1.807) is 18.4 Å². The maximum absolute atomic E-state index is 11.9. The van der Waals surface area contributed by atoms with Gasteiger partial charge in [-0.2, -0.15) is 8.42 Å². The number of nitrogen functional groups attached to an aromatic ring is 1. The van der Waals surface area contributed by atoms with Crippen molar-refractivity contribution in [3.63, 3.8) is 0 Å². The van der Waals surface area contributed by atoms with Crippen LogP contribution in [0.1, 0.15) is 5.69 Å². The van der Waals surface area contributed by atoms with Crippen molar-refractivity contribution in [3.8, 4) is 0 Å². The summed E-state index contributed by atoms with van der Waals surface area (Å²) in [5.41, 5.74) is 6.42. The Hall–Kier alpha value is -1.67. The first kappa shape index (κ1) is 11.8. The fraction of sp³-hybridized carbons (Fsp3) is 0.111. The highest BCUT2D eigenvalue weighted by molar-refractivity contribution is 7.93. The second kappa shape index (κ2) is 4.30. The molecule has 0 saturated heterocycles. The van der Waals surface area contributed by atoms with Crippen molar-refractivity contribution in [3.05, 3.63) is 29.4 Å². The Morgan fingerprint density at radius 3 is 2.82 bits per heavy atom. The monoisotopic (exact) mass is 270 g/mol. The highest BCUT2D eigenvalue weighted by atomic mass is 32.2. The molecule has 0 saturated carbocycles. The topological polar surface area (TPSA) is 98.0 Å². The van der Waals surface area contributed by atoms with Gasteiger partial charge in [0, 0.05) is 11.6 Å². The van der Waals surface area contributed by atoms with Crippen LogP contribution in [-0.2, 0) is 10.0 Å². The Kier molecular flexibility index (Phi) is 2.99. The molecule has 3 N–H and O–H groups in total. The first-order valence-electron chi connectivity index (χ1n) is 4.64. The van der Waals surface area contributed by atoms with Crippen molar-refractivity contribution in [2.75, 3.05) is 10.5 Å². The number of sulfonamides is 1. The summed E-state index contributed by atoms with van der Waals surface area (Å²) in [4.78, 5) is 7.76. The molecule has 0 unspecified atom stereocenters. The maximum atomic E-state index is 11.9. The number of hydrogen-bond acceptors (Lipinski definition) is 6. The summed E-state index contributed by atoms with van der Waals surface area (Å²) in [5, 5.41) is 1.86. The molecule has 0 spiro atoms. The minimum atomic E-state index is -3.77. The first-order chi connectivity index (χ1) is 7.99. The molecule has 2 rings (SSSR count). The lowest BCUT2D eigenvalue weighted by atomic mass is 10.4. The summed E-state index contributed by atoms with van der Waals surface area (Å²) >= 11 is 1.21.